The summed E-state index contributed by atoms with van der Waals surface area (Å²) >= 11 is 17.2. The minimum atomic E-state index is -1.92. The van der Waals surface area contributed by atoms with Crippen LogP contribution in [0.25, 0.3) is 0 Å². The number of alkyl halides is 3. The quantitative estimate of drug-likeness (QED) is 0.436. The monoisotopic (exact) mass is 383 g/mol. The van der Waals surface area contributed by atoms with Gasteiger partial charge in [-0.2, -0.15) is 10.5 Å². The predicted molar refractivity (Wildman–Crippen MR) is 94.1 cm³/mol. The van der Waals surface area contributed by atoms with E-state index in [-0.39, 0.29) is 11.8 Å². The number of nitrogens with one attached hydrogen (secondary N) is 1. The molecule has 0 saturated heterocycles. The molecule has 0 amide bonds. The lowest BCUT2D eigenvalue weighted by Crippen LogP contribution is -2.29. The molecule has 1 fully saturated rings. The van der Waals surface area contributed by atoms with Gasteiger partial charge in [0.15, 0.2) is 0 Å². The fourth-order valence-electron chi connectivity index (χ4n) is 2.93. The van der Waals surface area contributed by atoms with Crippen molar-refractivity contribution in [2.75, 3.05) is 0 Å². The van der Waals surface area contributed by atoms with Gasteiger partial charge in [-0.3, -0.25) is 5.41 Å². The van der Waals surface area contributed by atoms with E-state index < -0.39 is 15.8 Å². The van der Waals surface area contributed by atoms with Gasteiger partial charge in [-0.05, 0) is 43.4 Å². The Balaban J connectivity index is 2.22. The molecule has 0 aromatic heterocycles. The zero-order valence-corrected chi connectivity index (χ0v) is 15.1. The van der Waals surface area contributed by atoms with Gasteiger partial charge < -0.3 is 4.74 Å². The number of benzene rings is 1. The number of hydrogen-bond donors (Lipinski definition) is 1. The molecule has 1 aromatic carbocycles. The largest absolute Gasteiger partial charge is 0.470 e. The summed E-state index contributed by atoms with van der Waals surface area (Å²) < 4.78 is 3.78. The average molecular weight is 385 g/mol. The van der Waals surface area contributed by atoms with Crippen molar-refractivity contribution >= 4 is 40.7 Å². The Morgan fingerprint density at radius 2 is 1.71 bits per heavy atom. The standard InChI is InChI=1S/C17H16Cl3N3O/c18-17(19,20)16(23)24-15(13-5-1-11(9-21)2-6-13)14-7-3-12(10-22)4-8-14/h1-2,5-6,12,14-15,23H,3-4,7-8H2. The van der Waals surface area contributed by atoms with Crippen molar-refractivity contribution in [3.05, 3.63) is 35.4 Å². The predicted octanol–water partition coefficient (Wildman–Crippen LogP) is 5.29. The van der Waals surface area contributed by atoms with E-state index in [1.165, 1.54) is 0 Å². The summed E-state index contributed by atoms with van der Waals surface area (Å²) in [6.07, 6.45) is 2.74. The minimum absolute atomic E-state index is 0.0653. The molecular formula is C17H16Cl3N3O. The second-order valence-electron chi connectivity index (χ2n) is 5.84. The maximum Gasteiger partial charge on any atom is 0.265 e. The van der Waals surface area contributed by atoms with Gasteiger partial charge in [0.05, 0.1) is 17.7 Å². The molecule has 4 nitrogen and oxygen atoms in total. The van der Waals surface area contributed by atoms with Gasteiger partial charge in [0.25, 0.3) is 3.79 Å². The van der Waals surface area contributed by atoms with Crippen LogP contribution in [0.15, 0.2) is 24.3 Å². The fourth-order valence-corrected chi connectivity index (χ4v) is 3.06. The molecule has 0 heterocycles. The molecule has 0 aliphatic heterocycles. The highest BCUT2D eigenvalue weighted by Crippen LogP contribution is 2.41. The van der Waals surface area contributed by atoms with Crippen molar-refractivity contribution in [1.82, 2.24) is 0 Å². The first kappa shape index (κ1) is 18.9. The SMILES string of the molecule is N#Cc1ccc(C(OC(=N)C(Cl)(Cl)Cl)C2CCC(C#N)CC2)cc1. The van der Waals surface area contributed by atoms with Crippen LogP contribution < -0.4 is 0 Å². The molecule has 0 bridgehead atoms. The number of hydrogen-bond acceptors (Lipinski definition) is 4. The van der Waals surface area contributed by atoms with E-state index in [1.54, 1.807) is 24.3 Å². The van der Waals surface area contributed by atoms with E-state index in [4.69, 9.17) is 55.5 Å². The zero-order chi connectivity index (χ0) is 17.7. The summed E-state index contributed by atoms with van der Waals surface area (Å²) in [4.78, 5) is 0. The molecule has 1 aliphatic carbocycles. The van der Waals surface area contributed by atoms with Gasteiger partial charge in [-0.1, -0.05) is 46.9 Å². The summed E-state index contributed by atoms with van der Waals surface area (Å²) in [5.74, 6) is -0.241. The molecular weight excluding hydrogens is 369 g/mol. The Morgan fingerprint density at radius 3 is 2.17 bits per heavy atom. The van der Waals surface area contributed by atoms with Crippen molar-refractivity contribution in [3.63, 3.8) is 0 Å². The third-order valence-electron chi connectivity index (χ3n) is 4.25. The van der Waals surface area contributed by atoms with Crippen LogP contribution in [0.4, 0.5) is 0 Å². The van der Waals surface area contributed by atoms with Gasteiger partial charge in [0, 0.05) is 11.8 Å². The van der Waals surface area contributed by atoms with Crippen LogP contribution in [-0.4, -0.2) is 9.69 Å². The molecule has 24 heavy (non-hydrogen) atoms. The summed E-state index contributed by atoms with van der Waals surface area (Å²) in [5.41, 5.74) is 1.37. The second kappa shape index (κ2) is 8.08. The molecule has 1 aliphatic rings. The summed E-state index contributed by atoms with van der Waals surface area (Å²) in [7, 11) is 0. The van der Waals surface area contributed by atoms with E-state index in [2.05, 4.69) is 12.1 Å². The summed E-state index contributed by atoms with van der Waals surface area (Å²) in [6, 6.07) is 11.4. The van der Waals surface area contributed by atoms with E-state index in [1.807, 2.05) is 0 Å². The first-order valence-electron chi connectivity index (χ1n) is 7.57. The van der Waals surface area contributed by atoms with Crippen molar-refractivity contribution in [1.29, 1.82) is 15.9 Å². The smallest absolute Gasteiger partial charge is 0.265 e. The summed E-state index contributed by atoms with van der Waals surface area (Å²) in [5, 5.41) is 25.8. The lowest BCUT2D eigenvalue weighted by atomic mass is 9.78. The van der Waals surface area contributed by atoms with Gasteiger partial charge in [-0.25, -0.2) is 0 Å². The van der Waals surface area contributed by atoms with Crippen molar-refractivity contribution < 1.29 is 4.74 Å². The topological polar surface area (TPSA) is 80.7 Å². The van der Waals surface area contributed by atoms with E-state index in [9.17, 15) is 0 Å². The van der Waals surface area contributed by atoms with Crippen molar-refractivity contribution in [2.45, 2.75) is 35.6 Å². The van der Waals surface area contributed by atoms with Gasteiger partial charge in [0.1, 0.15) is 6.10 Å². The first-order valence-corrected chi connectivity index (χ1v) is 8.70. The maximum absolute atomic E-state index is 9.04. The Kier molecular flexibility index (Phi) is 6.35. The second-order valence-corrected chi connectivity index (χ2v) is 8.12. The van der Waals surface area contributed by atoms with Crippen LogP contribution in [0.2, 0.25) is 0 Å². The van der Waals surface area contributed by atoms with Crippen LogP contribution in [0.5, 0.6) is 0 Å². The minimum Gasteiger partial charge on any atom is -0.470 e. The maximum atomic E-state index is 9.04. The highest BCUT2D eigenvalue weighted by Gasteiger charge is 2.35. The van der Waals surface area contributed by atoms with Crippen LogP contribution >= 0.6 is 34.8 Å². The van der Waals surface area contributed by atoms with E-state index >= 15 is 0 Å². The fraction of sp³-hybridized carbons (Fsp3) is 0.471. The highest BCUT2D eigenvalue weighted by molar-refractivity contribution is 6.76. The van der Waals surface area contributed by atoms with Gasteiger partial charge in [-0.15, -0.1) is 0 Å². The Bertz CT molecular complexity index is 662. The molecule has 126 valence electrons. The molecule has 1 atom stereocenters. The lowest BCUT2D eigenvalue weighted by Gasteiger charge is -2.33. The average Bonchev–Trinajstić information content (AvgIpc) is 2.59. The third-order valence-corrected chi connectivity index (χ3v) is 4.77. The van der Waals surface area contributed by atoms with Gasteiger partial charge in [0.2, 0.25) is 5.90 Å². The Morgan fingerprint density at radius 1 is 1.12 bits per heavy atom. The number of ether oxygens (including phenoxy) is 1. The van der Waals surface area contributed by atoms with Crippen LogP contribution in [-0.2, 0) is 4.74 Å². The number of rotatable bonds is 3. The normalized spacial score (nSPS) is 22.0. The van der Waals surface area contributed by atoms with Crippen molar-refractivity contribution in [3.8, 4) is 12.1 Å². The number of nitrogens with zero attached hydrogens (tertiary/aromatic N) is 2. The van der Waals surface area contributed by atoms with Crippen molar-refractivity contribution in [2.24, 2.45) is 11.8 Å². The Labute approximate surface area is 156 Å². The zero-order valence-electron chi connectivity index (χ0n) is 12.8. The molecule has 1 aromatic rings. The van der Waals surface area contributed by atoms with E-state index in [0.717, 1.165) is 31.2 Å². The van der Waals surface area contributed by atoms with Crippen LogP contribution in [0.1, 0.15) is 42.9 Å². The Hall–Kier alpha value is -1.46. The van der Waals surface area contributed by atoms with E-state index in [0.29, 0.717) is 5.56 Å². The van der Waals surface area contributed by atoms with Crippen LogP contribution in [0.3, 0.4) is 0 Å². The molecule has 1 N–H and O–H groups in total. The number of halogens is 3. The number of nitriles is 2. The summed E-state index contributed by atoms with van der Waals surface area (Å²) in [6.45, 7) is 0. The first-order chi connectivity index (χ1) is 11.3. The van der Waals surface area contributed by atoms with Crippen LogP contribution in [0, 0.1) is 39.9 Å². The molecule has 0 radical (unpaired) electrons. The third kappa shape index (κ3) is 4.77. The molecule has 1 saturated carbocycles. The highest BCUT2D eigenvalue weighted by atomic mass is 35.6. The lowest BCUT2D eigenvalue weighted by molar-refractivity contribution is 0.0873. The molecule has 0 spiro atoms. The molecule has 1 unspecified atom stereocenters. The molecule has 2 rings (SSSR count). The molecule has 7 heteroatoms. The van der Waals surface area contributed by atoms with Gasteiger partial charge >= 0.3 is 0 Å².